The third kappa shape index (κ3) is 4.57. The Morgan fingerprint density at radius 2 is 0.792 bits per heavy atom. The van der Waals surface area contributed by atoms with Gasteiger partial charge < -0.3 is 0 Å². The maximum absolute atomic E-state index is 5.13. The minimum absolute atomic E-state index is 0.940. The van der Waals surface area contributed by atoms with Crippen LogP contribution in [-0.2, 0) is 0 Å². The second-order valence-corrected chi connectivity index (χ2v) is 12.6. The van der Waals surface area contributed by atoms with Crippen molar-refractivity contribution in [1.82, 2.24) is 9.97 Å². The lowest BCUT2D eigenvalue weighted by Crippen LogP contribution is -1.95. The summed E-state index contributed by atoms with van der Waals surface area (Å²) >= 11 is 0. The predicted molar refractivity (Wildman–Crippen MR) is 203 cm³/mol. The summed E-state index contributed by atoms with van der Waals surface area (Å²) in [5.41, 5.74) is 13.5. The van der Waals surface area contributed by atoms with Gasteiger partial charge in [0.2, 0.25) is 0 Å². The number of aromatic nitrogens is 2. The van der Waals surface area contributed by atoms with Crippen molar-refractivity contribution in [2.75, 3.05) is 0 Å². The molecule has 0 saturated heterocycles. The van der Waals surface area contributed by atoms with E-state index in [1.54, 1.807) is 0 Å². The quantitative estimate of drug-likeness (QED) is 0.146. The van der Waals surface area contributed by atoms with Gasteiger partial charge in [0.25, 0.3) is 0 Å². The van der Waals surface area contributed by atoms with Gasteiger partial charge in [-0.3, -0.25) is 9.97 Å². The third-order valence-corrected chi connectivity index (χ3v) is 9.57. The van der Waals surface area contributed by atoms with Gasteiger partial charge in [0, 0.05) is 22.2 Å². The molecule has 48 heavy (non-hydrogen) atoms. The Morgan fingerprint density at radius 1 is 0.312 bits per heavy atom. The molecule has 2 aromatic heterocycles. The number of hydrogen-bond donors (Lipinski definition) is 0. The van der Waals surface area contributed by atoms with E-state index in [1.165, 1.54) is 54.9 Å². The van der Waals surface area contributed by atoms with Gasteiger partial charge in [0.1, 0.15) is 0 Å². The van der Waals surface area contributed by atoms with Crippen LogP contribution >= 0.6 is 0 Å². The molecule has 0 amide bonds. The van der Waals surface area contributed by atoms with E-state index in [0.29, 0.717) is 0 Å². The molecule has 0 N–H and O–H groups in total. The van der Waals surface area contributed by atoms with Gasteiger partial charge in [-0.2, -0.15) is 0 Å². The highest BCUT2D eigenvalue weighted by molar-refractivity contribution is 6.22. The average Bonchev–Trinajstić information content (AvgIpc) is 3.14. The topological polar surface area (TPSA) is 25.8 Å². The van der Waals surface area contributed by atoms with Gasteiger partial charge in [-0.25, -0.2) is 0 Å². The fourth-order valence-corrected chi connectivity index (χ4v) is 7.46. The molecule has 0 aliphatic heterocycles. The van der Waals surface area contributed by atoms with Crippen LogP contribution in [0.1, 0.15) is 11.4 Å². The maximum Gasteiger partial charge on any atom is 0.0974 e. The van der Waals surface area contributed by atoms with E-state index in [-0.39, 0.29) is 0 Å². The number of aryl methyl sites for hydroxylation is 2. The highest BCUT2D eigenvalue weighted by Gasteiger charge is 2.20. The van der Waals surface area contributed by atoms with Gasteiger partial charge >= 0.3 is 0 Å². The van der Waals surface area contributed by atoms with Crippen LogP contribution in [0.2, 0.25) is 0 Å². The van der Waals surface area contributed by atoms with Crippen molar-refractivity contribution in [2.24, 2.45) is 0 Å². The zero-order chi connectivity index (χ0) is 32.2. The predicted octanol–water partition coefficient (Wildman–Crippen LogP) is 12.4. The zero-order valence-electron chi connectivity index (χ0n) is 26.9. The van der Waals surface area contributed by atoms with E-state index in [9.17, 15) is 0 Å². The van der Waals surface area contributed by atoms with Crippen LogP contribution in [0, 0.1) is 13.8 Å². The van der Waals surface area contributed by atoms with E-state index < -0.39 is 0 Å². The standard InChI is InChI=1S/C46H32N2/c1-29-22-24-38-40(28-42-39(31-14-6-3-7-15-31)26-30(2)48-46(42)45(38)47-29)34-23-25-37-41(27-34)44(33-18-10-5-11-19-33)36-21-13-12-20-35(36)43(37)32-16-8-4-9-17-32/h3-28H,1-2H3. The average molecular weight is 613 g/mol. The molecule has 2 heterocycles. The summed E-state index contributed by atoms with van der Waals surface area (Å²) in [6.07, 6.45) is 0. The molecule has 0 bridgehead atoms. The normalized spacial score (nSPS) is 11.5. The van der Waals surface area contributed by atoms with Crippen molar-refractivity contribution in [2.45, 2.75) is 13.8 Å². The number of pyridine rings is 2. The minimum atomic E-state index is 0.940. The summed E-state index contributed by atoms with van der Waals surface area (Å²) in [6, 6.07) is 57.0. The second-order valence-electron chi connectivity index (χ2n) is 12.6. The molecule has 0 aliphatic carbocycles. The number of rotatable bonds is 4. The fraction of sp³-hybridized carbons (Fsp3) is 0.0435. The van der Waals surface area contributed by atoms with E-state index in [4.69, 9.17) is 9.97 Å². The van der Waals surface area contributed by atoms with Crippen LogP contribution in [0.5, 0.6) is 0 Å². The Kier molecular flexibility index (Phi) is 6.62. The lowest BCUT2D eigenvalue weighted by molar-refractivity contribution is 1.23. The summed E-state index contributed by atoms with van der Waals surface area (Å²) in [5.74, 6) is 0. The van der Waals surface area contributed by atoms with Crippen molar-refractivity contribution in [3.05, 3.63) is 169 Å². The van der Waals surface area contributed by atoms with E-state index in [2.05, 4.69) is 172 Å². The van der Waals surface area contributed by atoms with Crippen molar-refractivity contribution in [1.29, 1.82) is 0 Å². The molecule has 9 aromatic rings. The molecular weight excluding hydrogens is 581 g/mol. The number of hydrogen-bond acceptors (Lipinski definition) is 2. The largest absolute Gasteiger partial charge is 0.251 e. The van der Waals surface area contributed by atoms with E-state index in [1.807, 2.05) is 0 Å². The maximum atomic E-state index is 5.13. The molecule has 0 radical (unpaired) electrons. The van der Waals surface area contributed by atoms with Crippen molar-refractivity contribution in [3.8, 4) is 44.5 Å². The first-order valence-electron chi connectivity index (χ1n) is 16.5. The number of benzene rings is 7. The van der Waals surface area contributed by atoms with Crippen LogP contribution in [0.15, 0.2) is 158 Å². The smallest absolute Gasteiger partial charge is 0.0974 e. The molecule has 0 aliphatic rings. The highest BCUT2D eigenvalue weighted by atomic mass is 14.8. The van der Waals surface area contributed by atoms with Gasteiger partial charge in [0.05, 0.1) is 11.0 Å². The third-order valence-electron chi connectivity index (χ3n) is 9.57. The Morgan fingerprint density at radius 3 is 1.44 bits per heavy atom. The molecule has 0 unspecified atom stereocenters. The molecule has 0 spiro atoms. The Labute approximate surface area is 280 Å². The van der Waals surface area contributed by atoms with Crippen LogP contribution < -0.4 is 0 Å². The SMILES string of the molecule is Cc1ccc2c(-c3ccc4c(-c5ccccc5)c5ccccc5c(-c5ccccc5)c4c3)cc3c(-c4ccccc4)cc(C)nc3c2n1. The lowest BCUT2D eigenvalue weighted by Gasteiger charge is -2.19. The van der Waals surface area contributed by atoms with Gasteiger partial charge in [-0.1, -0.05) is 133 Å². The van der Waals surface area contributed by atoms with Crippen LogP contribution in [0.3, 0.4) is 0 Å². The molecule has 7 aromatic carbocycles. The minimum Gasteiger partial charge on any atom is -0.251 e. The van der Waals surface area contributed by atoms with Crippen molar-refractivity contribution in [3.63, 3.8) is 0 Å². The summed E-state index contributed by atoms with van der Waals surface area (Å²) < 4.78 is 0. The second kappa shape index (κ2) is 11.3. The first-order valence-corrected chi connectivity index (χ1v) is 16.5. The number of fused-ring (bicyclic) bond motifs is 5. The summed E-state index contributed by atoms with van der Waals surface area (Å²) in [6.45, 7) is 4.13. The monoisotopic (exact) mass is 612 g/mol. The first-order chi connectivity index (χ1) is 23.6. The fourth-order valence-electron chi connectivity index (χ4n) is 7.46. The molecule has 9 rings (SSSR count). The van der Waals surface area contributed by atoms with Gasteiger partial charge in [0.15, 0.2) is 0 Å². The van der Waals surface area contributed by atoms with Crippen LogP contribution in [0.4, 0.5) is 0 Å². The molecule has 0 saturated carbocycles. The Hall–Kier alpha value is -6.12. The van der Waals surface area contributed by atoms with Crippen molar-refractivity contribution < 1.29 is 0 Å². The van der Waals surface area contributed by atoms with Gasteiger partial charge in [-0.15, -0.1) is 0 Å². The molecular formula is C46H32N2. The van der Waals surface area contributed by atoms with Crippen LogP contribution in [0.25, 0.3) is 87.9 Å². The van der Waals surface area contributed by atoms with Crippen LogP contribution in [-0.4, -0.2) is 9.97 Å². The molecule has 0 fully saturated rings. The summed E-state index contributed by atoms with van der Waals surface area (Å²) in [5, 5.41) is 7.19. The molecule has 0 atom stereocenters. The molecule has 226 valence electrons. The van der Waals surface area contributed by atoms with Crippen molar-refractivity contribution >= 4 is 43.4 Å². The number of nitrogens with zero attached hydrogens (tertiary/aromatic N) is 2. The summed E-state index contributed by atoms with van der Waals surface area (Å²) in [4.78, 5) is 10.2. The summed E-state index contributed by atoms with van der Waals surface area (Å²) in [7, 11) is 0. The van der Waals surface area contributed by atoms with E-state index in [0.717, 1.165) is 44.3 Å². The highest BCUT2D eigenvalue weighted by Crippen LogP contribution is 2.46. The molecule has 2 nitrogen and oxygen atoms in total. The van der Waals surface area contributed by atoms with E-state index >= 15 is 0 Å². The zero-order valence-corrected chi connectivity index (χ0v) is 26.9. The Balaban J connectivity index is 1.42. The lowest BCUT2D eigenvalue weighted by atomic mass is 9.84. The first kappa shape index (κ1) is 28.1. The Bertz CT molecular complexity index is 2660. The molecule has 2 heteroatoms. The van der Waals surface area contributed by atoms with Gasteiger partial charge in [-0.05, 0) is 104 Å².